The van der Waals surface area contributed by atoms with Crippen molar-refractivity contribution in [2.24, 2.45) is 5.92 Å². The second kappa shape index (κ2) is 6.66. The normalized spacial score (nSPS) is 19.8. The molecule has 2 aromatic rings. The van der Waals surface area contributed by atoms with Crippen molar-refractivity contribution in [2.75, 3.05) is 11.9 Å². The zero-order valence-corrected chi connectivity index (χ0v) is 14.0. The molecule has 0 radical (unpaired) electrons. The minimum absolute atomic E-state index is 0.00103. The van der Waals surface area contributed by atoms with Crippen molar-refractivity contribution >= 4 is 17.6 Å². The number of pyridine rings is 1. The number of hydrogen-bond acceptors (Lipinski definition) is 4. The smallest absolute Gasteiger partial charge is 0.230 e. The average Bonchev–Trinajstić information content (AvgIpc) is 3.20. The molecular formula is C18H21N5O2. The van der Waals surface area contributed by atoms with Crippen LogP contribution in [0.5, 0.6) is 0 Å². The number of nitrogens with one attached hydrogen (secondary N) is 1. The van der Waals surface area contributed by atoms with Crippen LogP contribution in [0.15, 0.2) is 30.6 Å². The highest BCUT2D eigenvalue weighted by Crippen LogP contribution is 2.23. The molecule has 0 saturated carbocycles. The first kappa shape index (κ1) is 15.8. The summed E-state index contributed by atoms with van der Waals surface area (Å²) in [6.07, 6.45) is 6.88. The third-order valence-electron chi connectivity index (χ3n) is 4.89. The lowest BCUT2D eigenvalue weighted by Crippen LogP contribution is -2.29. The van der Waals surface area contributed by atoms with E-state index in [2.05, 4.69) is 19.9 Å². The van der Waals surface area contributed by atoms with E-state index in [1.165, 1.54) is 0 Å². The quantitative estimate of drug-likeness (QED) is 0.917. The van der Waals surface area contributed by atoms with Crippen LogP contribution in [0.1, 0.15) is 30.8 Å². The van der Waals surface area contributed by atoms with Crippen molar-refractivity contribution in [2.45, 2.75) is 38.8 Å². The van der Waals surface area contributed by atoms with Crippen LogP contribution in [0.3, 0.4) is 0 Å². The van der Waals surface area contributed by atoms with Gasteiger partial charge in [-0.2, -0.15) is 0 Å². The topological polar surface area (TPSA) is 80.1 Å². The SMILES string of the molecule is O=C(Nc1cnc2n1CCCC2)[C@@H]1CC(=O)N(Cc2ccccn2)C1. The van der Waals surface area contributed by atoms with Gasteiger partial charge < -0.3 is 14.8 Å². The van der Waals surface area contributed by atoms with Crippen molar-refractivity contribution in [3.8, 4) is 0 Å². The molecule has 4 heterocycles. The first-order valence-corrected chi connectivity index (χ1v) is 8.73. The van der Waals surface area contributed by atoms with E-state index in [0.717, 1.165) is 43.1 Å². The lowest BCUT2D eigenvalue weighted by atomic mass is 10.1. The van der Waals surface area contributed by atoms with Gasteiger partial charge in [-0.3, -0.25) is 14.6 Å². The maximum Gasteiger partial charge on any atom is 0.230 e. The molecule has 1 fully saturated rings. The second-order valence-electron chi connectivity index (χ2n) is 6.65. The summed E-state index contributed by atoms with van der Waals surface area (Å²) in [6.45, 7) is 1.77. The Morgan fingerprint density at radius 1 is 1.28 bits per heavy atom. The standard InChI is InChI=1S/C18H21N5O2/c24-17-9-13(11-22(17)12-14-5-1-3-7-19-14)18(25)21-16-10-20-15-6-2-4-8-23(15)16/h1,3,5,7,10,13H,2,4,6,8-9,11-12H2,(H,21,25)/t13-/m1/s1. The average molecular weight is 339 g/mol. The molecule has 1 atom stereocenters. The predicted molar refractivity (Wildman–Crippen MR) is 91.6 cm³/mol. The van der Waals surface area contributed by atoms with E-state index >= 15 is 0 Å². The molecule has 25 heavy (non-hydrogen) atoms. The van der Waals surface area contributed by atoms with Crippen molar-refractivity contribution in [1.29, 1.82) is 0 Å². The van der Waals surface area contributed by atoms with Gasteiger partial charge in [-0.05, 0) is 25.0 Å². The number of likely N-dealkylation sites (tertiary alicyclic amines) is 1. The number of aromatic nitrogens is 3. The summed E-state index contributed by atoms with van der Waals surface area (Å²) in [6, 6.07) is 5.63. The Morgan fingerprint density at radius 2 is 2.20 bits per heavy atom. The van der Waals surface area contributed by atoms with Crippen LogP contribution in [0.2, 0.25) is 0 Å². The maximum atomic E-state index is 12.6. The number of carbonyl (C=O) groups excluding carboxylic acids is 2. The molecule has 2 aromatic heterocycles. The van der Waals surface area contributed by atoms with Crippen LogP contribution in [-0.4, -0.2) is 37.8 Å². The van der Waals surface area contributed by atoms with Crippen molar-refractivity contribution in [3.05, 3.63) is 42.1 Å². The Labute approximate surface area is 146 Å². The summed E-state index contributed by atoms with van der Waals surface area (Å²) in [7, 11) is 0. The molecule has 4 rings (SSSR count). The minimum Gasteiger partial charge on any atom is -0.336 e. The molecule has 1 saturated heterocycles. The fourth-order valence-corrected chi connectivity index (χ4v) is 3.53. The number of imidazole rings is 1. The van der Waals surface area contributed by atoms with Gasteiger partial charge in [-0.25, -0.2) is 4.98 Å². The lowest BCUT2D eigenvalue weighted by Gasteiger charge is -2.18. The first-order chi connectivity index (χ1) is 12.2. The van der Waals surface area contributed by atoms with E-state index in [-0.39, 0.29) is 24.2 Å². The maximum absolute atomic E-state index is 12.6. The Morgan fingerprint density at radius 3 is 3.04 bits per heavy atom. The van der Waals surface area contributed by atoms with E-state index in [4.69, 9.17) is 0 Å². The molecule has 2 aliphatic rings. The number of aryl methyl sites for hydroxylation is 1. The summed E-state index contributed by atoms with van der Waals surface area (Å²) in [5.41, 5.74) is 0.835. The fourth-order valence-electron chi connectivity index (χ4n) is 3.53. The van der Waals surface area contributed by atoms with Gasteiger partial charge in [0.05, 0.1) is 24.4 Å². The van der Waals surface area contributed by atoms with Gasteiger partial charge in [-0.15, -0.1) is 0 Å². The number of carbonyl (C=O) groups is 2. The number of hydrogen-bond donors (Lipinski definition) is 1. The van der Waals surface area contributed by atoms with Crippen LogP contribution in [-0.2, 0) is 29.1 Å². The third kappa shape index (κ3) is 3.26. The summed E-state index contributed by atoms with van der Waals surface area (Å²) >= 11 is 0. The molecular weight excluding hydrogens is 318 g/mol. The fraction of sp³-hybridized carbons (Fsp3) is 0.444. The van der Waals surface area contributed by atoms with Crippen molar-refractivity contribution in [1.82, 2.24) is 19.4 Å². The van der Waals surface area contributed by atoms with Crippen LogP contribution < -0.4 is 5.32 Å². The van der Waals surface area contributed by atoms with E-state index in [1.807, 2.05) is 18.2 Å². The molecule has 130 valence electrons. The highest BCUT2D eigenvalue weighted by atomic mass is 16.2. The van der Waals surface area contributed by atoms with Gasteiger partial charge >= 0.3 is 0 Å². The van der Waals surface area contributed by atoms with Crippen molar-refractivity contribution < 1.29 is 9.59 Å². The van der Waals surface area contributed by atoms with Gasteiger partial charge in [0, 0.05) is 32.1 Å². The Kier molecular flexibility index (Phi) is 4.21. The van der Waals surface area contributed by atoms with Crippen LogP contribution in [0.25, 0.3) is 0 Å². The molecule has 0 spiro atoms. The Hall–Kier alpha value is -2.70. The van der Waals surface area contributed by atoms with Gasteiger partial charge in [0.15, 0.2) is 0 Å². The van der Waals surface area contributed by atoms with Gasteiger partial charge in [0.2, 0.25) is 11.8 Å². The summed E-state index contributed by atoms with van der Waals surface area (Å²) < 4.78 is 2.07. The summed E-state index contributed by atoms with van der Waals surface area (Å²) in [4.78, 5) is 35.2. The van der Waals surface area contributed by atoms with Crippen molar-refractivity contribution in [3.63, 3.8) is 0 Å². The molecule has 2 amide bonds. The minimum atomic E-state index is -0.328. The molecule has 0 unspecified atom stereocenters. The van der Waals surface area contributed by atoms with E-state index in [1.54, 1.807) is 17.3 Å². The van der Waals surface area contributed by atoms with Gasteiger partial charge in [0.25, 0.3) is 0 Å². The zero-order valence-electron chi connectivity index (χ0n) is 14.0. The predicted octanol–water partition coefficient (Wildman–Crippen LogP) is 1.60. The summed E-state index contributed by atoms with van der Waals surface area (Å²) in [5, 5.41) is 2.96. The van der Waals surface area contributed by atoms with E-state index in [9.17, 15) is 9.59 Å². The summed E-state index contributed by atoms with van der Waals surface area (Å²) in [5.74, 6) is 1.34. The van der Waals surface area contributed by atoms with E-state index in [0.29, 0.717) is 13.1 Å². The number of amides is 2. The zero-order chi connectivity index (χ0) is 17.2. The Balaban J connectivity index is 1.40. The molecule has 0 aliphatic carbocycles. The third-order valence-corrected chi connectivity index (χ3v) is 4.89. The lowest BCUT2D eigenvalue weighted by molar-refractivity contribution is -0.128. The first-order valence-electron chi connectivity index (χ1n) is 8.73. The van der Waals surface area contributed by atoms with Crippen LogP contribution >= 0.6 is 0 Å². The monoisotopic (exact) mass is 339 g/mol. The van der Waals surface area contributed by atoms with Gasteiger partial charge in [-0.1, -0.05) is 6.07 Å². The number of nitrogens with zero attached hydrogens (tertiary/aromatic N) is 4. The highest BCUT2D eigenvalue weighted by molar-refractivity contribution is 5.96. The molecule has 7 heteroatoms. The van der Waals surface area contributed by atoms with Crippen LogP contribution in [0, 0.1) is 5.92 Å². The molecule has 0 bridgehead atoms. The molecule has 7 nitrogen and oxygen atoms in total. The molecule has 2 aliphatic heterocycles. The Bertz CT molecular complexity index is 786. The highest BCUT2D eigenvalue weighted by Gasteiger charge is 2.35. The number of anilines is 1. The largest absolute Gasteiger partial charge is 0.336 e. The molecule has 1 N–H and O–H groups in total. The molecule has 0 aromatic carbocycles. The van der Waals surface area contributed by atoms with E-state index < -0.39 is 0 Å². The number of rotatable bonds is 4. The second-order valence-corrected chi connectivity index (χ2v) is 6.65. The number of fused-ring (bicyclic) bond motifs is 1. The van der Waals surface area contributed by atoms with Crippen LogP contribution in [0.4, 0.5) is 5.82 Å². The van der Waals surface area contributed by atoms with Gasteiger partial charge in [0.1, 0.15) is 11.6 Å².